The maximum atomic E-state index is 13.0. The lowest BCUT2D eigenvalue weighted by atomic mass is 9.77. The van der Waals surface area contributed by atoms with Crippen LogP contribution in [0.25, 0.3) is 0 Å². The molecule has 1 N–H and O–H groups in total. The van der Waals surface area contributed by atoms with Crippen LogP contribution in [0.3, 0.4) is 0 Å². The molecule has 0 aromatic heterocycles. The predicted octanol–water partition coefficient (Wildman–Crippen LogP) is 3.39. The van der Waals surface area contributed by atoms with Crippen LogP contribution in [0, 0.1) is 12.3 Å². The molecule has 21 heavy (non-hydrogen) atoms. The molecule has 2 aliphatic rings. The van der Waals surface area contributed by atoms with Gasteiger partial charge in [-0.1, -0.05) is 37.8 Å². The van der Waals surface area contributed by atoms with E-state index in [1.54, 1.807) is 0 Å². The number of nitrogens with zero attached hydrogens (tertiary/aromatic N) is 1. The first-order chi connectivity index (χ1) is 10.1. The molecule has 1 aromatic rings. The van der Waals surface area contributed by atoms with Gasteiger partial charge in [-0.25, -0.2) is 9.69 Å². The number of anilines is 1. The van der Waals surface area contributed by atoms with Crippen LogP contribution >= 0.6 is 0 Å². The molecule has 0 radical (unpaired) electrons. The van der Waals surface area contributed by atoms with Crippen LogP contribution in [0.15, 0.2) is 24.3 Å². The minimum Gasteiger partial charge on any atom is -0.336 e. The van der Waals surface area contributed by atoms with E-state index in [9.17, 15) is 9.59 Å². The van der Waals surface area contributed by atoms with Gasteiger partial charge in [0.2, 0.25) is 5.91 Å². The second-order valence-corrected chi connectivity index (χ2v) is 6.33. The Morgan fingerprint density at radius 2 is 1.81 bits per heavy atom. The van der Waals surface area contributed by atoms with Crippen molar-refractivity contribution in [2.24, 2.45) is 5.41 Å². The number of hydrogen-bond acceptors (Lipinski definition) is 2. The third-order valence-electron chi connectivity index (χ3n) is 4.76. The van der Waals surface area contributed by atoms with Gasteiger partial charge in [0.25, 0.3) is 0 Å². The van der Waals surface area contributed by atoms with E-state index < -0.39 is 5.41 Å². The van der Waals surface area contributed by atoms with Crippen LogP contribution in [-0.4, -0.2) is 18.5 Å². The zero-order valence-electron chi connectivity index (χ0n) is 12.5. The number of imide groups is 1. The van der Waals surface area contributed by atoms with Crippen LogP contribution in [0.4, 0.5) is 10.5 Å². The molecule has 112 valence electrons. The Hall–Kier alpha value is -1.84. The third-order valence-corrected chi connectivity index (χ3v) is 4.76. The van der Waals surface area contributed by atoms with Gasteiger partial charge in [-0.05, 0) is 37.5 Å². The van der Waals surface area contributed by atoms with E-state index in [0.717, 1.165) is 31.2 Å². The van der Waals surface area contributed by atoms with Crippen molar-refractivity contribution in [3.05, 3.63) is 29.8 Å². The van der Waals surface area contributed by atoms with Gasteiger partial charge in [-0.3, -0.25) is 4.79 Å². The molecule has 1 aliphatic carbocycles. The van der Waals surface area contributed by atoms with Gasteiger partial charge < -0.3 is 5.32 Å². The second kappa shape index (κ2) is 5.51. The summed E-state index contributed by atoms with van der Waals surface area (Å²) in [4.78, 5) is 26.6. The van der Waals surface area contributed by atoms with Gasteiger partial charge in [0.15, 0.2) is 0 Å². The number of rotatable bonds is 1. The zero-order valence-corrected chi connectivity index (χ0v) is 12.5. The highest BCUT2D eigenvalue weighted by Crippen LogP contribution is 2.39. The molecule has 4 heteroatoms. The van der Waals surface area contributed by atoms with Crippen molar-refractivity contribution < 1.29 is 9.59 Å². The molecule has 1 spiro atoms. The molecule has 2 fully saturated rings. The fraction of sp³-hybridized carbons (Fsp3) is 0.529. The summed E-state index contributed by atoms with van der Waals surface area (Å²) in [7, 11) is 0. The highest BCUT2D eigenvalue weighted by molar-refractivity contribution is 6.18. The molecule has 4 nitrogen and oxygen atoms in total. The Balaban J connectivity index is 1.95. The summed E-state index contributed by atoms with van der Waals surface area (Å²) in [6.45, 7) is 2.46. The molecule has 0 atom stereocenters. The highest BCUT2D eigenvalue weighted by Gasteiger charge is 2.47. The van der Waals surface area contributed by atoms with Crippen molar-refractivity contribution >= 4 is 17.6 Å². The van der Waals surface area contributed by atoms with Crippen molar-refractivity contribution in [3.63, 3.8) is 0 Å². The Morgan fingerprint density at radius 1 is 1.10 bits per heavy atom. The van der Waals surface area contributed by atoms with Crippen LogP contribution in [0.1, 0.15) is 44.1 Å². The van der Waals surface area contributed by atoms with Gasteiger partial charge in [-0.2, -0.15) is 0 Å². The van der Waals surface area contributed by atoms with Crippen LogP contribution < -0.4 is 10.2 Å². The maximum Gasteiger partial charge on any atom is 0.328 e. The van der Waals surface area contributed by atoms with E-state index in [1.165, 1.54) is 17.7 Å². The molecule has 0 bridgehead atoms. The summed E-state index contributed by atoms with van der Waals surface area (Å²) in [6.07, 6.45) is 6.29. The van der Waals surface area contributed by atoms with Crippen molar-refractivity contribution in [3.8, 4) is 0 Å². The van der Waals surface area contributed by atoms with Crippen LogP contribution in [0.2, 0.25) is 0 Å². The van der Waals surface area contributed by atoms with Crippen molar-refractivity contribution in [1.82, 2.24) is 5.32 Å². The summed E-state index contributed by atoms with van der Waals surface area (Å²) >= 11 is 0. The van der Waals surface area contributed by atoms with Gasteiger partial charge in [0, 0.05) is 6.54 Å². The normalized spacial score (nSPS) is 22.0. The van der Waals surface area contributed by atoms with Gasteiger partial charge in [-0.15, -0.1) is 0 Å². The first-order valence-electron chi connectivity index (χ1n) is 7.81. The van der Waals surface area contributed by atoms with Crippen molar-refractivity contribution in [2.75, 3.05) is 11.4 Å². The number of nitrogens with one attached hydrogen (secondary N) is 1. The van der Waals surface area contributed by atoms with E-state index in [2.05, 4.69) is 5.32 Å². The largest absolute Gasteiger partial charge is 0.336 e. The fourth-order valence-corrected chi connectivity index (χ4v) is 3.53. The summed E-state index contributed by atoms with van der Waals surface area (Å²) in [6, 6.07) is 7.30. The predicted molar refractivity (Wildman–Crippen MR) is 82.2 cm³/mol. The summed E-state index contributed by atoms with van der Waals surface area (Å²) in [5, 5.41) is 2.93. The number of benzene rings is 1. The average molecular weight is 286 g/mol. The lowest BCUT2D eigenvalue weighted by molar-refractivity contribution is -0.129. The standard InChI is InChI=1S/C17H22N2O2/c1-13-7-6-8-14(11-13)19-15(20)17(12-18-16(19)21)9-4-2-3-5-10-17/h6-8,11H,2-5,9-10,12H2,1H3,(H,18,21). The topological polar surface area (TPSA) is 49.4 Å². The van der Waals surface area contributed by atoms with Gasteiger partial charge in [0.05, 0.1) is 11.1 Å². The monoisotopic (exact) mass is 286 g/mol. The number of hydrogen-bond donors (Lipinski definition) is 1. The highest BCUT2D eigenvalue weighted by atomic mass is 16.2. The number of carbonyl (C=O) groups is 2. The lowest BCUT2D eigenvalue weighted by Gasteiger charge is -2.40. The first-order valence-corrected chi connectivity index (χ1v) is 7.81. The molecule has 3 amide bonds. The van der Waals surface area contributed by atoms with Gasteiger partial charge in [0.1, 0.15) is 0 Å². The Bertz CT molecular complexity index is 560. The SMILES string of the molecule is Cc1cccc(N2C(=O)NCC3(CCCCCC3)C2=O)c1. The maximum absolute atomic E-state index is 13.0. The molecular formula is C17H22N2O2. The number of aryl methyl sites for hydroxylation is 1. The number of amides is 3. The molecule has 1 aromatic carbocycles. The molecule has 1 saturated heterocycles. The number of urea groups is 1. The summed E-state index contributed by atoms with van der Waals surface area (Å²) < 4.78 is 0. The average Bonchev–Trinajstić information content (AvgIpc) is 2.70. The van der Waals surface area contributed by atoms with Gasteiger partial charge >= 0.3 is 6.03 Å². The van der Waals surface area contributed by atoms with Crippen LogP contribution in [0.5, 0.6) is 0 Å². The van der Waals surface area contributed by atoms with E-state index in [1.807, 2.05) is 31.2 Å². The lowest BCUT2D eigenvalue weighted by Crippen LogP contribution is -2.61. The molecule has 1 saturated carbocycles. The Labute approximate surface area is 125 Å². The minimum absolute atomic E-state index is 0.0150. The summed E-state index contributed by atoms with van der Waals surface area (Å²) in [5.74, 6) is -0.0150. The molecule has 3 rings (SSSR count). The molecular weight excluding hydrogens is 264 g/mol. The van der Waals surface area contributed by atoms with E-state index >= 15 is 0 Å². The van der Waals surface area contributed by atoms with Crippen LogP contribution in [-0.2, 0) is 4.79 Å². The molecule has 1 heterocycles. The quantitative estimate of drug-likeness (QED) is 0.860. The molecule has 1 aliphatic heterocycles. The first kappa shape index (κ1) is 14.1. The smallest absolute Gasteiger partial charge is 0.328 e. The zero-order chi connectivity index (χ0) is 14.9. The second-order valence-electron chi connectivity index (χ2n) is 6.33. The third kappa shape index (κ3) is 2.55. The van der Waals surface area contributed by atoms with E-state index in [4.69, 9.17) is 0 Å². The minimum atomic E-state index is -0.395. The van der Waals surface area contributed by atoms with E-state index in [0.29, 0.717) is 12.2 Å². The Morgan fingerprint density at radius 3 is 2.48 bits per heavy atom. The van der Waals surface area contributed by atoms with E-state index in [-0.39, 0.29) is 11.9 Å². The molecule has 0 unspecified atom stereocenters. The number of carbonyl (C=O) groups excluding carboxylic acids is 2. The summed E-state index contributed by atoms with van der Waals surface area (Å²) in [5.41, 5.74) is 1.34. The van der Waals surface area contributed by atoms with Crippen molar-refractivity contribution in [1.29, 1.82) is 0 Å². The fourth-order valence-electron chi connectivity index (χ4n) is 3.53. The van der Waals surface area contributed by atoms with Crippen molar-refractivity contribution in [2.45, 2.75) is 45.4 Å². The Kier molecular flexibility index (Phi) is 3.70.